The highest BCUT2D eigenvalue weighted by Crippen LogP contribution is 1.97. The molecule has 0 amide bonds. The highest BCUT2D eigenvalue weighted by molar-refractivity contribution is 4.97. The van der Waals surface area contributed by atoms with Gasteiger partial charge >= 0.3 is 0 Å². The summed E-state index contributed by atoms with van der Waals surface area (Å²) < 4.78 is 0. The lowest BCUT2D eigenvalue weighted by Gasteiger charge is -2.10. The zero-order chi connectivity index (χ0) is 7.98. The Labute approximate surface area is 64.7 Å². The van der Waals surface area contributed by atoms with Crippen LogP contribution < -0.4 is 0 Å². The standard InChI is InChI=1S/C9H19N/c1-5-9(3)7-8-10(4)6-2/h7H,5-6,8H2,1-4H3/b9-7+. The van der Waals surface area contributed by atoms with E-state index in [2.05, 4.69) is 38.8 Å². The molecule has 60 valence electrons. The van der Waals surface area contributed by atoms with Crippen LogP contribution >= 0.6 is 0 Å². The van der Waals surface area contributed by atoms with Crippen molar-refractivity contribution in [3.05, 3.63) is 11.6 Å². The zero-order valence-corrected chi connectivity index (χ0v) is 7.65. The average Bonchev–Trinajstić information content (AvgIpc) is 1.99. The molecule has 0 N–H and O–H groups in total. The van der Waals surface area contributed by atoms with E-state index in [9.17, 15) is 0 Å². The fourth-order valence-corrected chi connectivity index (χ4v) is 0.585. The van der Waals surface area contributed by atoms with Crippen molar-refractivity contribution in [2.45, 2.75) is 27.2 Å². The van der Waals surface area contributed by atoms with Crippen molar-refractivity contribution in [3.63, 3.8) is 0 Å². The number of likely N-dealkylation sites (N-methyl/N-ethyl adjacent to an activating group) is 1. The van der Waals surface area contributed by atoms with Gasteiger partial charge in [0.1, 0.15) is 0 Å². The van der Waals surface area contributed by atoms with E-state index < -0.39 is 0 Å². The van der Waals surface area contributed by atoms with Crippen molar-refractivity contribution in [3.8, 4) is 0 Å². The van der Waals surface area contributed by atoms with Gasteiger partial charge in [-0.05, 0) is 26.9 Å². The van der Waals surface area contributed by atoms with Crippen LogP contribution in [0.1, 0.15) is 27.2 Å². The van der Waals surface area contributed by atoms with Crippen LogP contribution in [0.4, 0.5) is 0 Å². The Hall–Kier alpha value is -0.300. The molecule has 0 radical (unpaired) electrons. The minimum Gasteiger partial charge on any atom is -0.303 e. The maximum Gasteiger partial charge on any atom is 0.0162 e. The third-order valence-corrected chi connectivity index (χ3v) is 1.85. The molecule has 0 aliphatic heterocycles. The van der Waals surface area contributed by atoms with E-state index in [0.717, 1.165) is 13.1 Å². The monoisotopic (exact) mass is 141 g/mol. The van der Waals surface area contributed by atoms with Crippen molar-refractivity contribution < 1.29 is 0 Å². The summed E-state index contributed by atoms with van der Waals surface area (Å²) in [4.78, 5) is 2.29. The number of allylic oxidation sites excluding steroid dienone is 1. The lowest BCUT2D eigenvalue weighted by Crippen LogP contribution is -2.17. The number of hydrogen-bond donors (Lipinski definition) is 0. The van der Waals surface area contributed by atoms with E-state index in [-0.39, 0.29) is 0 Å². The van der Waals surface area contributed by atoms with E-state index in [0.29, 0.717) is 0 Å². The maximum absolute atomic E-state index is 2.30. The topological polar surface area (TPSA) is 3.24 Å². The van der Waals surface area contributed by atoms with Gasteiger partial charge in [-0.2, -0.15) is 0 Å². The largest absolute Gasteiger partial charge is 0.303 e. The predicted molar refractivity (Wildman–Crippen MR) is 47.2 cm³/mol. The highest BCUT2D eigenvalue weighted by atomic mass is 15.1. The van der Waals surface area contributed by atoms with E-state index >= 15 is 0 Å². The molecular weight excluding hydrogens is 122 g/mol. The van der Waals surface area contributed by atoms with Crippen LogP contribution in [-0.4, -0.2) is 25.0 Å². The van der Waals surface area contributed by atoms with Gasteiger partial charge in [0.25, 0.3) is 0 Å². The fraction of sp³-hybridized carbons (Fsp3) is 0.778. The Balaban J connectivity index is 3.50. The smallest absolute Gasteiger partial charge is 0.0162 e. The van der Waals surface area contributed by atoms with Gasteiger partial charge in [0, 0.05) is 6.54 Å². The van der Waals surface area contributed by atoms with Crippen molar-refractivity contribution in [1.82, 2.24) is 4.90 Å². The summed E-state index contributed by atoms with van der Waals surface area (Å²) in [7, 11) is 2.14. The van der Waals surface area contributed by atoms with Crippen LogP contribution in [0.25, 0.3) is 0 Å². The molecule has 0 aliphatic carbocycles. The van der Waals surface area contributed by atoms with Gasteiger partial charge in [-0.25, -0.2) is 0 Å². The molecule has 0 bridgehead atoms. The SMILES string of the molecule is CC/C(C)=C/CN(C)CC. The second-order valence-corrected chi connectivity index (χ2v) is 2.76. The Morgan fingerprint density at radius 1 is 1.40 bits per heavy atom. The molecule has 0 saturated carbocycles. The molecule has 10 heavy (non-hydrogen) atoms. The second kappa shape index (κ2) is 5.48. The number of rotatable bonds is 4. The molecule has 0 fully saturated rings. The van der Waals surface area contributed by atoms with Gasteiger partial charge in [-0.15, -0.1) is 0 Å². The van der Waals surface area contributed by atoms with Gasteiger partial charge in [0.15, 0.2) is 0 Å². The van der Waals surface area contributed by atoms with Crippen LogP contribution in [0.5, 0.6) is 0 Å². The fourth-order valence-electron chi connectivity index (χ4n) is 0.585. The zero-order valence-electron chi connectivity index (χ0n) is 7.65. The minimum absolute atomic E-state index is 1.09. The van der Waals surface area contributed by atoms with E-state index in [1.54, 1.807) is 0 Å². The van der Waals surface area contributed by atoms with Crippen LogP contribution in [0.2, 0.25) is 0 Å². The summed E-state index contributed by atoms with van der Waals surface area (Å²) in [5, 5.41) is 0. The first-order valence-corrected chi connectivity index (χ1v) is 4.04. The minimum atomic E-state index is 1.09. The molecule has 0 atom stereocenters. The van der Waals surface area contributed by atoms with Crippen LogP contribution in [0.15, 0.2) is 11.6 Å². The molecule has 0 spiro atoms. The number of hydrogen-bond acceptors (Lipinski definition) is 1. The normalized spacial score (nSPS) is 12.7. The Morgan fingerprint density at radius 3 is 2.40 bits per heavy atom. The summed E-state index contributed by atoms with van der Waals surface area (Å²) in [6, 6.07) is 0. The average molecular weight is 141 g/mol. The van der Waals surface area contributed by atoms with E-state index in [1.807, 2.05) is 0 Å². The van der Waals surface area contributed by atoms with Crippen LogP contribution in [-0.2, 0) is 0 Å². The van der Waals surface area contributed by atoms with Crippen molar-refractivity contribution in [2.75, 3.05) is 20.1 Å². The van der Waals surface area contributed by atoms with Crippen LogP contribution in [0, 0.1) is 0 Å². The van der Waals surface area contributed by atoms with Crippen molar-refractivity contribution in [2.24, 2.45) is 0 Å². The molecular formula is C9H19N. The first-order valence-electron chi connectivity index (χ1n) is 4.04. The Bertz CT molecular complexity index is 105. The third kappa shape index (κ3) is 4.57. The first-order chi connectivity index (χ1) is 4.70. The molecule has 0 aliphatic rings. The highest BCUT2D eigenvalue weighted by Gasteiger charge is 1.89. The summed E-state index contributed by atoms with van der Waals surface area (Å²) in [6.07, 6.45) is 3.47. The predicted octanol–water partition coefficient (Wildman–Crippen LogP) is 2.29. The molecule has 1 nitrogen and oxygen atoms in total. The molecule has 0 heterocycles. The third-order valence-electron chi connectivity index (χ3n) is 1.85. The lowest BCUT2D eigenvalue weighted by atomic mass is 10.2. The second-order valence-electron chi connectivity index (χ2n) is 2.76. The van der Waals surface area contributed by atoms with Gasteiger partial charge in [0.2, 0.25) is 0 Å². The lowest BCUT2D eigenvalue weighted by molar-refractivity contribution is 0.391. The summed E-state index contributed by atoms with van der Waals surface area (Å²) in [5.41, 5.74) is 1.49. The first kappa shape index (κ1) is 9.70. The Kier molecular flexibility index (Phi) is 5.32. The maximum atomic E-state index is 2.30. The summed E-state index contributed by atoms with van der Waals surface area (Å²) in [5.74, 6) is 0. The van der Waals surface area contributed by atoms with E-state index in [1.165, 1.54) is 12.0 Å². The molecule has 0 saturated heterocycles. The Morgan fingerprint density at radius 2 is 2.00 bits per heavy atom. The van der Waals surface area contributed by atoms with Gasteiger partial charge in [-0.3, -0.25) is 0 Å². The van der Waals surface area contributed by atoms with Gasteiger partial charge in [0.05, 0.1) is 0 Å². The van der Waals surface area contributed by atoms with Gasteiger partial charge < -0.3 is 4.90 Å². The molecule has 0 aromatic carbocycles. The molecule has 0 aromatic rings. The summed E-state index contributed by atoms with van der Waals surface area (Å²) in [6.45, 7) is 8.78. The molecule has 0 unspecified atom stereocenters. The molecule has 0 rings (SSSR count). The van der Waals surface area contributed by atoms with Crippen molar-refractivity contribution >= 4 is 0 Å². The summed E-state index contributed by atoms with van der Waals surface area (Å²) >= 11 is 0. The molecule has 1 heteroatoms. The van der Waals surface area contributed by atoms with E-state index in [4.69, 9.17) is 0 Å². The number of nitrogens with zero attached hydrogens (tertiary/aromatic N) is 1. The van der Waals surface area contributed by atoms with Gasteiger partial charge in [-0.1, -0.05) is 25.5 Å². The van der Waals surface area contributed by atoms with Crippen LogP contribution in [0.3, 0.4) is 0 Å². The van der Waals surface area contributed by atoms with Crippen molar-refractivity contribution in [1.29, 1.82) is 0 Å². The molecule has 0 aromatic heterocycles. The quantitative estimate of drug-likeness (QED) is 0.543.